The number of carbonyl (C=O) groups excluding carboxylic acids is 1. The minimum atomic E-state index is -3.43. The van der Waals surface area contributed by atoms with Gasteiger partial charge in [-0.05, 0) is 66.2 Å². The first-order valence-corrected chi connectivity index (χ1v) is 13.1. The summed E-state index contributed by atoms with van der Waals surface area (Å²) in [5, 5.41) is 7.41. The second-order valence-electron chi connectivity index (χ2n) is 10.2. The lowest BCUT2D eigenvalue weighted by molar-refractivity contribution is 0.0518. The molecule has 0 unspecified atom stereocenters. The van der Waals surface area contributed by atoms with E-state index in [-0.39, 0.29) is 6.04 Å². The predicted molar refractivity (Wildman–Crippen MR) is 132 cm³/mol. The summed E-state index contributed by atoms with van der Waals surface area (Å²) in [5.74, 6) is 1.40. The van der Waals surface area contributed by atoms with E-state index in [1.54, 1.807) is 53.7 Å². The van der Waals surface area contributed by atoms with Gasteiger partial charge in [0.25, 0.3) is 0 Å². The summed E-state index contributed by atoms with van der Waals surface area (Å²) in [4.78, 5) is 19.6. The van der Waals surface area contributed by atoms with Crippen LogP contribution in [0.1, 0.15) is 52.8 Å². The maximum Gasteiger partial charge on any atom is 0.437 e. The van der Waals surface area contributed by atoms with Crippen LogP contribution in [0.2, 0.25) is 0 Å². The van der Waals surface area contributed by atoms with Crippen molar-refractivity contribution in [2.45, 2.75) is 64.9 Å². The van der Waals surface area contributed by atoms with Crippen molar-refractivity contribution in [3.8, 4) is 0 Å². The normalized spacial score (nSPS) is 17.5. The van der Waals surface area contributed by atoms with Gasteiger partial charge in [0.05, 0.1) is 29.7 Å². The van der Waals surface area contributed by atoms with Crippen molar-refractivity contribution >= 4 is 33.4 Å². The molecule has 10 nitrogen and oxygen atoms in total. The Labute approximate surface area is 201 Å². The number of carbonyl (C=O) groups is 1. The molecule has 1 saturated heterocycles. The van der Waals surface area contributed by atoms with Crippen molar-refractivity contribution in [3.63, 3.8) is 0 Å². The zero-order valence-electron chi connectivity index (χ0n) is 21.2. The number of hydrogen-bond acceptors (Lipinski definition) is 9. The molecule has 2 aromatic rings. The predicted octanol–water partition coefficient (Wildman–Crippen LogP) is 3.62. The van der Waals surface area contributed by atoms with E-state index in [1.165, 1.54) is 6.26 Å². The minimum absolute atomic E-state index is 0.0697. The van der Waals surface area contributed by atoms with Crippen LogP contribution in [0.4, 0.5) is 22.2 Å². The average molecular weight is 494 g/mol. The number of rotatable bonds is 5. The Morgan fingerprint density at radius 2 is 1.88 bits per heavy atom. The second-order valence-corrected chi connectivity index (χ2v) is 12.8. The summed E-state index contributed by atoms with van der Waals surface area (Å²) in [7, 11) is -3.43. The second kappa shape index (κ2) is 9.18. The zero-order valence-corrected chi connectivity index (χ0v) is 22.0. The number of aryl methyl sites for hydroxylation is 1. The zero-order chi connectivity index (χ0) is 25.5. The van der Waals surface area contributed by atoms with Gasteiger partial charge in [-0.25, -0.2) is 18.2 Å². The number of aromatic nitrogens is 3. The van der Waals surface area contributed by atoms with E-state index in [0.717, 1.165) is 4.68 Å². The molecule has 0 aliphatic carbocycles. The summed E-state index contributed by atoms with van der Waals surface area (Å²) in [6, 6.07) is 5.28. The third-order valence-corrected chi connectivity index (χ3v) is 7.84. The molecule has 3 rings (SSSR count). The van der Waals surface area contributed by atoms with Gasteiger partial charge in [-0.3, -0.25) is 0 Å². The molecule has 1 atom stereocenters. The van der Waals surface area contributed by atoms with E-state index >= 15 is 0 Å². The Morgan fingerprint density at radius 1 is 1.21 bits per heavy atom. The standard InChI is InChI=1S/C23H35N5O5S/c1-15-11-20(28(26-15)21(29)33-22(3,4)5)25-18-12-17(23(6,7)34(8,30)31)13-19(24-18)27-9-10-32-14-16(27)2/h11-13,16H,9-10,14H2,1-8H3,(H,24,25)/t16-/m1/s1. The SMILES string of the molecule is Cc1cc(Nc2cc(C(C)(C)S(C)(=O)=O)cc(N3CCOC[C@H]3C)n2)n(C(=O)OC(C)(C)C)n1. The highest BCUT2D eigenvalue weighted by molar-refractivity contribution is 7.91. The van der Waals surface area contributed by atoms with Crippen molar-refractivity contribution in [2.75, 3.05) is 36.2 Å². The van der Waals surface area contributed by atoms with Crippen LogP contribution >= 0.6 is 0 Å². The minimum Gasteiger partial charge on any atom is -0.442 e. The lowest BCUT2D eigenvalue weighted by atomic mass is 10.0. The van der Waals surface area contributed by atoms with E-state index in [1.807, 2.05) is 13.0 Å². The molecule has 1 aliphatic heterocycles. The van der Waals surface area contributed by atoms with Gasteiger partial charge in [0.1, 0.15) is 23.1 Å². The van der Waals surface area contributed by atoms with Crippen LogP contribution in [-0.2, 0) is 24.1 Å². The van der Waals surface area contributed by atoms with E-state index in [2.05, 4.69) is 15.3 Å². The van der Waals surface area contributed by atoms with Gasteiger partial charge in [-0.1, -0.05) is 0 Å². The van der Waals surface area contributed by atoms with Crippen LogP contribution in [0.5, 0.6) is 0 Å². The van der Waals surface area contributed by atoms with Crippen molar-refractivity contribution in [1.29, 1.82) is 0 Å². The maximum absolute atomic E-state index is 12.7. The first kappa shape index (κ1) is 26.0. The molecule has 2 aromatic heterocycles. The highest BCUT2D eigenvalue weighted by Gasteiger charge is 2.34. The lowest BCUT2D eigenvalue weighted by Crippen LogP contribution is -2.44. The van der Waals surface area contributed by atoms with E-state index in [9.17, 15) is 13.2 Å². The van der Waals surface area contributed by atoms with Gasteiger partial charge >= 0.3 is 6.09 Å². The molecule has 0 amide bonds. The van der Waals surface area contributed by atoms with Gasteiger partial charge in [-0.15, -0.1) is 4.68 Å². The van der Waals surface area contributed by atoms with Gasteiger partial charge in [0.2, 0.25) is 0 Å². The summed E-state index contributed by atoms with van der Waals surface area (Å²) >= 11 is 0. The first-order valence-electron chi connectivity index (χ1n) is 11.2. The molecule has 0 radical (unpaired) electrons. The van der Waals surface area contributed by atoms with E-state index in [4.69, 9.17) is 14.5 Å². The Hall–Kier alpha value is -2.66. The fraction of sp³-hybridized carbons (Fsp3) is 0.609. The Bertz CT molecular complexity index is 1170. The monoisotopic (exact) mass is 493 g/mol. The van der Waals surface area contributed by atoms with Crippen LogP contribution in [0.3, 0.4) is 0 Å². The molecule has 1 aliphatic rings. The molecule has 0 aromatic carbocycles. The highest BCUT2D eigenvalue weighted by Crippen LogP contribution is 2.34. The molecular weight excluding hydrogens is 458 g/mol. The molecule has 3 heterocycles. The Kier molecular flexibility index (Phi) is 7.01. The van der Waals surface area contributed by atoms with Gasteiger partial charge in [0.15, 0.2) is 9.84 Å². The van der Waals surface area contributed by atoms with Crippen LogP contribution < -0.4 is 10.2 Å². The molecule has 1 N–H and O–H groups in total. The molecule has 0 saturated carbocycles. The molecule has 0 bridgehead atoms. The third kappa shape index (κ3) is 5.69. The molecular formula is C23H35N5O5S. The van der Waals surface area contributed by atoms with E-state index < -0.39 is 26.3 Å². The number of morpholine rings is 1. The number of ether oxygens (including phenoxy) is 2. The highest BCUT2D eigenvalue weighted by atomic mass is 32.2. The van der Waals surface area contributed by atoms with Crippen LogP contribution in [-0.4, -0.2) is 66.9 Å². The topological polar surface area (TPSA) is 116 Å². The van der Waals surface area contributed by atoms with Crippen LogP contribution in [0, 0.1) is 6.92 Å². The third-order valence-electron chi connectivity index (χ3n) is 5.75. The summed E-state index contributed by atoms with van der Waals surface area (Å²) in [6.07, 6.45) is 0.594. The van der Waals surface area contributed by atoms with Gasteiger partial charge < -0.3 is 19.7 Å². The van der Waals surface area contributed by atoms with E-state index in [0.29, 0.717) is 48.5 Å². The lowest BCUT2D eigenvalue weighted by Gasteiger charge is -2.35. The fourth-order valence-electron chi connectivity index (χ4n) is 3.52. The van der Waals surface area contributed by atoms with Gasteiger partial charge in [0, 0.05) is 18.9 Å². The first-order chi connectivity index (χ1) is 15.6. The average Bonchev–Trinajstić information content (AvgIpc) is 3.06. The summed E-state index contributed by atoms with van der Waals surface area (Å²) in [6.45, 7) is 14.2. The summed E-state index contributed by atoms with van der Waals surface area (Å²) < 4.78 is 36.2. The van der Waals surface area contributed by atoms with Crippen molar-refractivity contribution in [2.24, 2.45) is 0 Å². The van der Waals surface area contributed by atoms with Crippen molar-refractivity contribution < 1.29 is 22.7 Å². The smallest absolute Gasteiger partial charge is 0.437 e. The largest absolute Gasteiger partial charge is 0.442 e. The van der Waals surface area contributed by atoms with Crippen LogP contribution in [0.25, 0.3) is 0 Å². The number of nitrogens with zero attached hydrogens (tertiary/aromatic N) is 4. The van der Waals surface area contributed by atoms with Crippen molar-refractivity contribution in [3.05, 3.63) is 29.5 Å². The number of hydrogen-bond donors (Lipinski definition) is 1. The number of anilines is 3. The van der Waals surface area contributed by atoms with Gasteiger partial charge in [-0.2, -0.15) is 5.10 Å². The number of nitrogens with one attached hydrogen (secondary N) is 1. The fourth-order valence-corrected chi connectivity index (χ4v) is 4.07. The van der Waals surface area contributed by atoms with Crippen LogP contribution in [0.15, 0.2) is 18.2 Å². The number of pyridine rings is 1. The van der Waals surface area contributed by atoms with Crippen molar-refractivity contribution in [1.82, 2.24) is 14.8 Å². The molecule has 188 valence electrons. The number of sulfone groups is 1. The quantitative estimate of drug-likeness (QED) is 0.667. The maximum atomic E-state index is 12.7. The molecule has 1 fully saturated rings. The molecule has 0 spiro atoms. The molecule has 11 heteroatoms. The Morgan fingerprint density at radius 3 is 2.47 bits per heavy atom. The summed E-state index contributed by atoms with van der Waals surface area (Å²) in [5.41, 5.74) is 0.509. The Balaban J connectivity index is 2.08. The molecule has 34 heavy (non-hydrogen) atoms.